The topological polar surface area (TPSA) is 122 Å². The molecule has 0 saturated heterocycles. The molecule has 0 aliphatic heterocycles. The normalized spacial score (nSPS) is 16.0. The maximum atomic E-state index is 14.6. The minimum absolute atomic E-state index is 0.0512. The van der Waals surface area contributed by atoms with Gasteiger partial charge < -0.3 is 15.2 Å². The van der Waals surface area contributed by atoms with Crippen LogP contribution in [-0.4, -0.2) is 30.9 Å². The molecule has 3 aromatic rings. The number of ether oxygens (including phenoxy) is 1. The van der Waals surface area contributed by atoms with Crippen LogP contribution in [0.15, 0.2) is 53.4 Å². The summed E-state index contributed by atoms with van der Waals surface area (Å²) < 4.78 is 49.8. The van der Waals surface area contributed by atoms with Crippen LogP contribution in [0.5, 0.6) is 11.5 Å². The number of carbonyl (C=O) groups is 2. The molecule has 0 heterocycles. The van der Waals surface area contributed by atoms with Gasteiger partial charge in [0, 0.05) is 22.7 Å². The second-order valence-electron chi connectivity index (χ2n) is 10.7. The van der Waals surface area contributed by atoms with Crippen LogP contribution >= 0.6 is 23.2 Å². The molecule has 0 aromatic heterocycles. The molecule has 2 aliphatic rings. The quantitative estimate of drug-likeness (QED) is 0.226. The van der Waals surface area contributed by atoms with E-state index in [0.29, 0.717) is 5.92 Å². The highest BCUT2D eigenvalue weighted by molar-refractivity contribution is 7.92. The number of carbonyl (C=O) groups excluding carboxylic acids is 1. The van der Waals surface area contributed by atoms with Gasteiger partial charge in [0.25, 0.3) is 15.9 Å². The first kappa shape index (κ1) is 29.2. The van der Waals surface area contributed by atoms with Gasteiger partial charge in [-0.2, -0.15) is 0 Å². The summed E-state index contributed by atoms with van der Waals surface area (Å²) in [6.07, 6.45) is 4.12. The summed E-state index contributed by atoms with van der Waals surface area (Å²) in [5, 5.41) is 11.9. The van der Waals surface area contributed by atoms with Crippen molar-refractivity contribution in [3.05, 3.63) is 81.1 Å². The van der Waals surface area contributed by atoms with E-state index in [1.807, 2.05) is 6.92 Å². The van der Waals surface area contributed by atoms with Gasteiger partial charge in [0.2, 0.25) is 0 Å². The molecule has 0 bridgehead atoms. The molecule has 0 unspecified atom stereocenters. The fraction of sp³-hybridized carbons (Fsp3) is 0.310. The first-order valence-corrected chi connectivity index (χ1v) is 15.2. The number of aliphatic carboxylic acids is 1. The van der Waals surface area contributed by atoms with E-state index in [1.54, 1.807) is 12.1 Å². The number of carboxylic acids is 1. The molecule has 3 N–H and O–H groups in total. The Labute approximate surface area is 246 Å². The van der Waals surface area contributed by atoms with Crippen LogP contribution in [0.2, 0.25) is 10.0 Å². The van der Waals surface area contributed by atoms with Gasteiger partial charge in [-0.3, -0.25) is 14.3 Å². The SMILES string of the molecule is CC1(NC(=O)c2ccc(Oc3cc(F)c(CC(=O)O)cc3Cl)c(NS(=O)(=O)c3ccc(C4CC4)cc3Cl)c2)CCC1. The Morgan fingerprint density at radius 1 is 1.05 bits per heavy atom. The lowest BCUT2D eigenvalue weighted by Gasteiger charge is -2.39. The molecular weight excluding hydrogens is 594 g/mol. The van der Waals surface area contributed by atoms with Crippen molar-refractivity contribution in [1.29, 1.82) is 0 Å². The predicted octanol–water partition coefficient (Wildman–Crippen LogP) is 6.90. The van der Waals surface area contributed by atoms with E-state index in [9.17, 15) is 22.4 Å². The fourth-order valence-corrected chi connectivity index (χ4v) is 6.53. The molecule has 8 nitrogen and oxygen atoms in total. The fourth-order valence-electron chi connectivity index (χ4n) is 4.69. The number of nitrogens with one attached hydrogen (secondary N) is 2. The number of hydrogen-bond donors (Lipinski definition) is 3. The first-order valence-electron chi connectivity index (χ1n) is 13.0. The van der Waals surface area contributed by atoms with Gasteiger partial charge in [-0.1, -0.05) is 29.3 Å². The molecule has 3 aromatic carbocycles. The third-order valence-corrected chi connectivity index (χ3v) is 9.46. The number of amides is 1. The molecule has 41 heavy (non-hydrogen) atoms. The number of halogens is 3. The number of anilines is 1. The highest BCUT2D eigenvalue weighted by Gasteiger charge is 2.34. The molecule has 1 amide bonds. The van der Waals surface area contributed by atoms with Gasteiger partial charge in [-0.05, 0) is 86.9 Å². The van der Waals surface area contributed by atoms with Crippen LogP contribution in [0.3, 0.4) is 0 Å². The highest BCUT2D eigenvalue weighted by atomic mass is 35.5. The summed E-state index contributed by atoms with van der Waals surface area (Å²) in [4.78, 5) is 23.9. The number of hydrogen-bond acceptors (Lipinski definition) is 5. The van der Waals surface area contributed by atoms with Gasteiger partial charge in [0.1, 0.15) is 16.5 Å². The molecule has 2 fully saturated rings. The lowest BCUT2D eigenvalue weighted by molar-refractivity contribution is -0.136. The van der Waals surface area contributed by atoms with Crippen molar-refractivity contribution in [3.63, 3.8) is 0 Å². The van der Waals surface area contributed by atoms with Crippen LogP contribution in [0.4, 0.5) is 10.1 Å². The molecule has 2 saturated carbocycles. The molecule has 12 heteroatoms. The van der Waals surface area contributed by atoms with Crippen LogP contribution < -0.4 is 14.8 Å². The van der Waals surface area contributed by atoms with Crippen LogP contribution in [0.25, 0.3) is 0 Å². The van der Waals surface area contributed by atoms with E-state index < -0.39 is 34.1 Å². The third-order valence-electron chi connectivity index (χ3n) is 7.32. The van der Waals surface area contributed by atoms with E-state index in [-0.39, 0.29) is 48.8 Å². The summed E-state index contributed by atoms with van der Waals surface area (Å²) >= 11 is 12.6. The van der Waals surface area contributed by atoms with E-state index in [0.717, 1.165) is 49.8 Å². The molecule has 5 rings (SSSR count). The summed E-state index contributed by atoms with van der Waals surface area (Å²) in [6, 6.07) is 11.0. The van der Waals surface area contributed by atoms with E-state index in [2.05, 4.69) is 10.0 Å². The van der Waals surface area contributed by atoms with Gasteiger partial charge in [0.15, 0.2) is 5.75 Å². The average molecular weight is 622 g/mol. The van der Waals surface area contributed by atoms with E-state index in [4.69, 9.17) is 33.0 Å². The Kier molecular flexibility index (Phi) is 7.93. The number of benzene rings is 3. The van der Waals surface area contributed by atoms with Crippen molar-refractivity contribution in [3.8, 4) is 11.5 Å². The first-order chi connectivity index (χ1) is 19.3. The Balaban J connectivity index is 1.49. The standard InChI is InChI=1S/C29H27Cl2FN2O6S/c1-29(9-2-10-29)33-28(37)18-5-7-24(40-25-15-22(32)19(12-20(25)30)14-27(35)36)23(13-18)34-41(38,39)26-8-6-17(11-21(26)31)16-3-4-16/h5-8,11-13,15-16,34H,2-4,9-10,14H2,1H3,(H,33,37)(H,35,36). The van der Waals surface area contributed by atoms with E-state index >= 15 is 0 Å². The highest BCUT2D eigenvalue weighted by Crippen LogP contribution is 2.42. The maximum Gasteiger partial charge on any atom is 0.307 e. The van der Waals surface area contributed by atoms with Gasteiger partial charge in [-0.25, -0.2) is 12.8 Å². The predicted molar refractivity (Wildman–Crippen MR) is 153 cm³/mol. The lowest BCUT2D eigenvalue weighted by Crippen LogP contribution is -2.50. The molecule has 0 radical (unpaired) electrons. The lowest BCUT2D eigenvalue weighted by atomic mass is 9.78. The monoisotopic (exact) mass is 620 g/mol. The average Bonchev–Trinajstić information content (AvgIpc) is 3.72. The number of sulfonamides is 1. The molecule has 216 valence electrons. The molecular formula is C29H27Cl2FN2O6S. The summed E-state index contributed by atoms with van der Waals surface area (Å²) in [6.45, 7) is 1.94. The molecule has 0 atom stereocenters. The van der Waals surface area contributed by atoms with Gasteiger partial charge >= 0.3 is 5.97 Å². The second kappa shape index (κ2) is 11.2. The van der Waals surface area contributed by atoms with E-state index in [1.165, 1.54) is 24.3 Å². The minimum atomic E-state index is -4.26. The zero-order chi connectivity index (χ0) is 29.5. The number of rotatable bonds is 10. The smallest absolute Gasteiger partial charge is 0.307 e. The Morgan fingerprint density at radius 3 is 2.39 bits per heavy atom. The largest absolute Gasteiger partial charge is 0.481 e. The zero-order valence-corrected chi connectivity index (χ0v) is 24.3. The Bertz CT molecular complexity index is 1660. The Morgan fingerprint density at radius 2 is 1.78 bits per heavy atom. The van der Waals surface area contributed by atoms with Gasteiger partial charge in [-0.15, -0.1) is 0 Å². The van der Waals surface area contributed by atoms with Crippen molar-refractivity contribution in [2.75, 3.05) is 4.72 Å². The van der Waals surface area contributed by atoms with Crippen molar-refractivity contribution in [2.45, 2.75) is 61.8 Å². The van der Waals surface area contributed by atoms with Gasteiger partial charge in [0.05, 0.1) is 22.2 Å². The minimum Gasteiger partial charge on any atom is -0.481 e. The number of carboxylic acid groups (broad SMARTS) is 1. The molecule has 0 spiro atoms. The molecule has 2 aliphatic carbocycles. The summed E-state index contributed by atoms with van der Waals surface area (Å²) in [7, 11) is -4.26. The van der Waals surface area contributed by atoms with Crippen LogP contribution in [-0.2, 0) is 21.2 Å². The summed E-state index contributed by atoms with van der Waals surface area (Å²) in [5.41, 5.74) is 0.545. The van der Waals surface area contributed by atoms with Crippen molar-refractivity contribution in [1.82, 2.24) is 5.32 Å². The van der Waals surface area contributed by atoms with Crippen LogP contribution in [0.1, 0.15) is 66.4 Å². The Hall–Kier alpha value is -3.34. The zero-order valence-electron chi connectivity index (χ0n) is 22.0. The van der Waals surface area contributed by atoms with Crippen LogP contribution in [0, 0.1) is 5.82 Å². The summed E-state index contributed by atoms with van der Waals surface area (Å²) in [5.74, 6) is -2.37. The maximum absolute atomic E-state index is 14.6. The van der Waals surface area contributed by atoms with Crippen molar-refractivity contribution in [2.24, 2.45) is 0 Å². The third kappa shape index (κ3) is 6.60. The van der Waals surface area contributed by atoms with Crippen molar-refractivity contribution >= 4 is 50.8 Å². The second-order valence-corrected chi connectivity index (χ2v) is 13.2. The van der Waals surface area contributed by atoms with Crippen molar-refractivity contribution < 1.29 is 32.2 Å².